The Labute approximate surface area is 116 Å². The number of benzene rings is 1. The summed E-state index contributed by atoms with van der Waals surface area (Å²) in [6.07, 6.45) is 0. The van der Waals surface area contributed by atoms with Crippen LogP contribution in [0.25, 0.3) is 0 Å². The Kier molecular flexibility index (Phi) is 4.72. The van der Waals surface area contributed by atoms with E-state index in [1.54, 1.807) is 4.90 Å². The van der Waals surface area contributed by atoms with E-state index in [2.05, 4.69) is 0 Å². The van der Waals surface area contributed by atoms with E-state index in [-0.39, 0.29) is 33.9 Å². The summed E-state index contributed by atoms with van der Waals surface area (Å²) in [7, 11) is 0. The smallest absolute Gasteiger partial charge is 0.294 e. The van der Waals surface area contributed by atoms with Crippen molar-refractivity contribution in [2.75, 3.05) is 12.3 Å². The molecule has 0 atom stereocenters. The minimum absolute atomic E-state index is 0.00659. The number of nitrogen functional groups attached to an aromatic ring is 1. The van der Waals surface area contributed by atoms with Crippen molar-refractivity contribution in [3.63, 3.8) is 0 Å². The Morgan fingerprint density at radius 3 is 2.53 bits per heavy atom. The zero-order valence-corrected chi connectivity index (χ0v) is 11.8. The first-order valence-corrected chi connectivity index (χ1v) is 6.21. The molecule has 1 amide bonds. The topological polar surface area (TPSA) is 89.5 Å². The summed E-state index contributed by atoms with van der Waals surface area (Å²) in [6.45, 7) is 6.08. The van der Waals surface area contributed by atoms with Crippen LogP contribution in [0.1, 0.15) is 31.1 Å². The van der Waals surface area contributed by atoms with Gasteiger partial charge in [0, 0.05) is 24.2 Å². The molecule has 0 spiro atoms. The zero-order valence-electron chi connectivity index (χ0n) is 11.0. The number of nitro groups is 1. The first-order chi connectivity index (χ1) is 8.79. The number of anilines is 1. The Hall–Kier alpha value is -1.82. The predicted octanol–water partition coefficient (Wildman–Crippen LogP) is 2.70. The molecule has 1 rings (SSSR count). The van der Waals surface area contributed by atoms with E-state index in [0.29, 0.717) is 6.54 Å². The fourth-order valence-corrected chi connectivity index (χ4v) is 2.00. The molecule has 1 aromatic carbocycles. The zero-order chi connectivity index (χ0) is 14.7. The van der Waals surface area contributed by atoms with Gasteiger partial charge in [-0.2, -0.15) is 0 Å². The highest BCUT2D eigenvalue weighted by atomic mass is 35.5. The summed E-state index contributed by atoms with van der Waals surface area (Å²) in [6, 6.07) is 2.51. The van der Waals surface area contributed by atoms with Crippen molar-refractivity contribution in [2.45, 2.75) is 26.8 Å². The molecular weight excluding hydrogens is 270 g/mol. The molecule has 0 aromatic heterocycles. The van der Waals surface area contributed by atoms with Crippen LogP contribution >= 0.6 is 11.6 Å². The maximum absolute atomic E-state index is 12.3. The van der Waals surface area contributed by atoms with Crippen molar-refractivity contribution >= 4 is 28.9 Å². The third-order valence-electron chi connectivity index (χ3n) is 2.78. The van der Waals surface area contributed by atoms with Crippen LogP contribution in [0.2, 0.25) is 5.02 Å². The second-order valence-corrected chi connectivity index (χ2v) is 4.74. The molecule has 0 saturated heterocycles. The lowest BCUT2D eigenvalue weighted by molar-refractivity contribution is -0.383. The standard InChI is InChI=1S/C12H16ClN3O3/c1-4-15(7(2)3)12(17)8-5-9(13)11(14)10(6-8)16(18)19/h5-7H,4,14H2,1-3H3. The Bertz CT molecular complexity index is 517. The molecule has 0 fully saturated rings. The van der Waals surface area contributed by atoms with Crippen LogP contribution in [-0.4, -0.2) is 28.3 Å². The van der Waals surface area contributed by atoms with Crippen molar-refractivity contribution in [1.82, 2.24) is 4.90 Å². The van der Waals surface area contributed by atoms with E-state index >= 15 is 0 Å². The van der Waals surface area contributed by atoms with E-state index in [9.17, 15) is 14.9 Å². The number of nitro benzene ring substituents is 1. The van der Waals surface area contributed by atoms with Crippen LogP contribution in [-0.2, 0) is 0 Å². The van der Waals surface area contributed by atoms with Crippen LogP contribution in [0.15, 0.2) is 12.1 Å². The monoisotopic (exact) mass is 285 g/mol. The molecule has 104 valence electrons. The lowest BCUT2D eigenvalue weighted by Gasteiger charge is -2.25. The number of halogens is 1. The molecular formula is C12H16ClN3O3. The SMILES string of the molecule is CCN(C(=O)c1cc(Cl)c(N)c([N+](=O)[O-])c1)C(C)C. The highest BCUT2D eigenvalue weighted by Crippen LogP contribution is 2.31. The van der Waals surface area contributed by atoms with Crippen LogP contribution in [0.5, 0.6) is 0 Å². The summed E-state index contributed by atoms with van der Waals surface area (Å²) < 4.78 is 0. The van der Waals surface area contributed by atoms with Gasteiger partial charge in [0.2, 0.25) is 0 Å². The second kappa shape index (κ2) is 5.88. The molecule has 1 aromatic rings. The Morgan fingerprint density at radius 1 is 1.53 bits per heavy atom. The van der Waals surface area contributed by atoms with E-state index in [4.69, 9.17) is 17.3 Å². The van der Waals surface area contributed by atoms with E-state index < -0.39 is 4.92 Å². The maximum Gasteiger partial charge on any atom is 0.294 e. The number of rotatable bonds is 4. The average Bonchev–Trinajstić information content (AvgIpc) is 2.32. The number of carbonyl (C=O) groups excluding carboxylic acids is 1. The first-order valence-electron chi connectivity index (χ1n) is 5.84. The highest BCUT2D eigenvalue weighted by Gasteiger charge is 2.23. The van der Waals surface area contributed by atoms with Crippen molar-refractivity contribution in [3.05, 3.63) is 32.8 Å². The third kappa shape index (κ3) is 3.14. The van der Waals surface area contributed by atoms with E-state index in [0.717, 1.165) is 6.07 Å². The van der Waals surface area contributed by atoms with Gasteiger partial charge in [-0.15, -0.1) is 0 Å². The predicted molar refractivity (Wildman–Crippen MR) is 74.4 cm³/mol. The fraction of sp³-hybridized carbons (Fsp3) is 0.417. The molecule has 0 bridgehead atoms. The number of hydrogen-bond donors (Lipinski definition) is 1. The van der Waals surface area contributed by atoms with E-state index in [1.807, 2.05) is 20.8 Å². The van der Waals surface area contributed by atoms with Crippen molar-refractivity contribution in [1.29, 1.82) is 0 Å². The molecule has 0 aliphatic heterocycles. The average molecular weight is 286 g/mol. The van der Waals surface area contributed by atoms with Gasteiger partial charge in [0.05, 0.1) is 9.95 Å². The van der Waals surface area contributed by atoms with Gasteiger partial charge in [0.25, 0.3) is 11.6 Å². The summed E-state index contributed by atoms with van der Waals surface area (Å²) in [4.78, 5) is 24.1. The summed E-state index contributed by atoms with van der Waals surface area (Å²) in [5, 5.41) is 10.9. The number of nitrogens with zero attached hydrogens (tertiary/aromatic N) is 2. The van der Waals surface area contributed by atoms with Crippen LogP contribution in [0.3, 0.4) is 0 Å². The van der Waals surface area contributed by atoms with Crippen molar-refractivity contribution in [2.24, 2.45) is 0 Å². The molecule has 7 heteroatoms. The van der Waals surface area contributed by atoms with Gasteiger partial charge in [-0.25, -0.2) is 0 Å². The molecule has 0 aliphatic carbocycles. The second-order valence-electron chi connectivity index (χ2n) is 4.33. The van der Waals surface area contributed by atoms with Crippen LogP contribution < -0.4 is 5.73 Å². The minimum Gasteiger partial charge on any atom is -0.392 e. The van der Waals surface area contributed by atoms with Gasteiger partial charge in [-0.05, 0) is 26.8 Å². The molecule has 0 heterocycles. The van der Waals surface area contributed by atoms with Gasteiger partial charge in [-0.3, -0.25) is 14.9 Å². The number of nitrogens with two attached hydrogens (primary N) is 1. The van der Waals surface area contributed by atoms with E-state index in [1.165, 1.54) is 6.07 Å². The normalized spacial score (nSPS) is 10.6. The molecule has 2 N–H and O–H groups in total. The highest BCUT2D eigenvalue weighted by molar-refractivity contribution is 6.34. The molecule has 0 radical (unpaired) electrons. The number of amides is 1. The van der Waals surface area contributed by atoms with Gasteiger partial charge in [0.15, 0.2) is 0 Å². The molecule has 0 saturated carbocycles. The first kappa shape index (κ1) is 15.2. The number of carbonyl (C=O) groups is 1. The molecule has 6 nitrogen and oxygen atoms in total. The van der Waals surface area contributed by atoms with Crippen LogP contribution in [0.4, 0.5) is 11.4 Å². The molecule has 0 aliphatic rings. The summed E-state index contributed by atoms with van der Waals surface area (Å²) in [5.74, 6) is -0.303. The lowest BCUT2D eigenvalue weighted by Crippen LogP contribution is -2.36. The van der Waals surface area contributed by atoms with Gasteiger partial charge in [0.1, 0.15) is 5.69 Å². The van der Waals surface area contributed by atoms with Crippen LogP contribution in [0, 0.1) is 10.1 Å². The molecule has 19 heavy (non-hydrogen) atoms. The molecule has 0 unspecified atom stereocenters. The Morgan fingerprint density at radius 2 is 2.11 bits per heavy atom. The lowest BCUT2D eigenvalue weighted by atomic mass is 10.1. The fourth-order valence-electron chi connectivity index (χ4n) is 1.79. The van der Waals surface area contributed by atoms with Gasteiger partial charge < -0.3 is 10.6 Å². The number of hydrogen-bond acceptors (Lipinski definition) is 4. The summed E-state index contributed by atoms with van der Waals surface area (Å²) >= 11 is 5.83. The largest absolute Gasteiger partial charge is 0.392 e. The van der Waals surface area contributed by atoms with Crippen molar-refractivity contribution in [3.8, 4) is 0 Å². The maximum atomic E-state index is 12.3. The van der Waals surface area contributed by atoms with Gasteiger partial charge in [-0.1, -0.05) is 11.6 Å². The summed E-state index contributed by atoms with van der Waals surface area (Å²) in [5.41, 5.74) is 5.21. The minimum atomic E-state index is -0.649. The van der Waals surface area contributed by atoms with Gasteiger partial charge >= 0.3 is 0 Å². The van der Waals surface area contributed by atoms with Crippen molar-refractivity contribution < 1.29 is 9.72 Å². The Balaban J connectivity index is 3.28. The quantitative estimate of drug-likeness (QED) is 0.523. The third-order valence-corrected chi connectivity index (χ3v) is 3.09.